The molecule has 0 aliphatic carbocycles. The summed E-state index contributed by atoms with van der Waals surface area (Å²) in [6.45, 7) is 3.33. The number of aryl methyl sites for hydroxylation is 1. The predicted octanol–water partition coefficient (Wildman–Crippen LogP) is -0.610. The molecule has 1 amide bonds. The Morgan fingerprint density at radius 1 is 1.31 bits per heavy atom. The number of carbonyl (C=O) groups excluding carboxylic acids is 1. The molecule has 0 radical (unpaired) electrons. The van der Waals surface area contributed by atoms with Gasteiger partial charge in [-0.25, -0.2) is 0 Å². The van der Waals surface area contributed by atoms with Gasteiger partial charge in [-0.2, -0.15) is 5.10 Å². The second-order valence-corrected chi connectivity index (χ2v) is 4.17. The van der Waals surface area contributed by atoms with E-state index in [1.165, 1.54) is 4.68 Å². The molecule has 1 saturated heterocycles. The Balaban J connectivity index is 2.07. The van der Waals surface area contributed by atoms with E-state index in [2.05, 4.69) is 17.0 Å². The molecule has 1 aromatic heterocycles. The van der Waals surface area contributed by atoms with Crippen molar-refractivity contribution in [3.8, 4) is 0 Å². The second kappa shape index (κ2) is 4.13. The lowest BCUT2D eigenvalue weighted by atomic mass is 10.3. The number of hydrogen-bond acceptors (Lipinski definition) is 4. The molecular weight excluding hydrogens is 206 g/mol. The summed E-state index contributed by atoms with van der Waals surface area (Å²) in [5, 5.41) is 4.09. The van der Waals surface area contributed by atoms with Crippen molar-refractivity contribution in [1.82, 2.24) is 19.6 Å². The van der Waals surface area contributed by atoms with Crippen LogP contribution in [0.4, 0.5) is 5.82 Å². The highest BCUT2D eigenvalue weighted by molar-refractivity contribution is 5.93. The maximum atomic E-state index is 12.0. The Hall–Kier alpha value is -1.56. The molecule has 1 aromatic rings. The molecular formula is C10H17N5O. The van der Waals surface area contributed by atoms with Gasteiger partial charge in [0.2, 0.25) is 0 Å². The molecule has 2 heterocycles. The lowest BCUT2D eigenvalue weighted by Crippen LogP contribution is -2.47. The van der Waals surface area contributed by atoms with Crippen LogP contribution in [0, 0.1) is 0 Å². The third-order valence-corrected chi connectivity index (χ3v) is 2.93. The number of hydrogen-bond donors (Lipinski definition) is 1. The van der Waals surface area contributed by atoms with E-state index < -0.39 is 0 Å². The Morgan fingerprint density at radius 2 is 1.94 bits per heavy atom. The standard InChI is InChI=1S/C10H17N5O/c1-13-3-5-15(6-4-13)10(16)8-7-9(11)14(2)12-8/h7H,3-6,11H2,1-2H3. The zero-order valence-electron chi connectivity index (χ0n) is 9.68. The fourth-order valence-electron chi connectivity index (χ4n) is 1.76. The molecule has 0 atom stereocenters. The molecule has 2 rings (SSSR count). The molecule has 1 fully saturated rings. The highest BCUT2D eigenvalue weighted by atomic mass is 16.2. The van der Waals surface area contributed by atoms with Crippen LogP contribution in [0.15, 0.2) is 6.07 Å². The molecule has 0 aromatic carbocycles. The maximum Gasteiger partial charge on any atom is 0.274 e. The average molecular weight is 223 g/mol. The van der Waals surface area contributed by atoms with Crippen molar-refractivity contribution in [3.63, 3.8) is 0 Å². The van der Waals surface area contributed by atoms with Crippen molar-refractivity contribution >= 4 is 11.7 Å². The Kier molecular flexibility index (Phi) is 2.82. The van der Waals surface area contributed by atoms with Gasteiger partial charge in [0, 0.05) is 39.3 Å². The predicted molar refractivity (Wildman–Crippen MR) is 61.0 cm³/mol. The van der Waals surface area contributed by atoms with Crippen LogP contribution in [0.2, 0.25) is 0 Å². The van der Waals surface area contributed by atoms with Gasteiger partial charge in [-0.3, -0.25) is 9.48 Å². The molecule has 2 N–H and O–H groups in total. The molecule has 88 valence electrons. The van der Waals surface area contributed by atoms with Crippen LogP contribution >= 0.6 is 0 Å². The summed E-state index contributed by atoms with van der Waals surface area (Å²) in [6.07, 6.45) is 0. The first-order chi connectivity index (χ1) is 7.58. The van der Waals surface area contributed by atoms with Crippen molar-refractivity contribution in [2.75, 3.05) is 39.0 Å². The first-order valence-corrected chi connectivity index (χ1v) is 5.35. The topological polar surface area (TPSA) is 67.4 Å². The summed E-state index contributed by atoms with van der Waals surface area (Å²) in [5.74, 6) is 0.484. The Bertz CT molecular complexity index is 372. The molecule has 1 aliphatic rings. The SMILES string of the molecule is CN1CCN(C(=O)c2cc(N)n(C)n2)CC1. The van der Waals surface area contributed by atoms with Crippen LogP contribution in [0.5, 0.6) is 0 Å². The number of anilines is 1. The van der Waals surface area contributed by atoms with E-state index in [0.717, 1.165) is 26.2 Å². The van der Waals surface area contributed by atoms with Gasteiger partial charge in [-0.15, -0.1) is 0 Å². The minimum atomic E-state index is -0.0274. The minimum absolute atomic E-state index is 0.0274. The van der Waals surface area contributed by atoms with Crippen LogP contribution in [0.1, 0.15) is 10.5 Å². The maximum absolute atomic E-state index is 12.0. The lowest BCUT2D eigenvalue weighted by molar-refractivity contribution is 0.0657. The first kappa shape index (κ1) is 10.9. The monoisotopic (exact) mass is 223 g/mol. The van der Waals surface area contributed by atoms with Gasteiger partial charge in [0.15, 0.2) is 5.69 Å². The second-order valence-electron chi connectivity index (χ2n) is 4.17. The number of amides is 1. The average Bonchev–Trinajstić information content (AvgIpc) is 2.59. The van der Waals surface area contributed by atoms with Crippen LogP contribution in [-0.2, 0) is 7.05 Å². The zero-order chi connectivity index (χ0) is 11.7. The van der Waals surface area contributed by atoms with Crippen molar-refractivity contribution in [3.05, 3.63) is 11.8 Å². The highest BCUT2D eigenvalue weighted by Gasteiger charge is 2.22. The number of nitrogen functional groups attached to an aromatic ring is 1. The third kappa shape index (κ3) is 2.01. The van der Waals surface area contributed by atoms with Gasteiger partial charge in [-0.05, 0) is 7.05 Å². The van der Waals surface area contributed by atoms with E-state index in [9.17, 15) is 4.79 Å². The van der Waals surface area contributed by atoms with Gasteiger partial charge in [-0.1, -0.05) is 0 Å². The first-order valence-electron chi connectivity index (χ1n) is 5.35. The van der Waals surface area contributed by atoms with Gasteiger partial charge in [0.25, 0.3) is 5.91 Å². The van der Waals surface area contributed by atoms with Gasteiger partial charge < -0.3 is 15.5 Å². The normalized spacial score (nSPS) is 17.8. The molecule has 0 bridgehead atoms. The number of likely N-dealkylation sites (N-methyl/N-ethyl adjacent to an activating group) is 1. The van der Waals surface area contributed by atoms with Crippen LogP contribution in [-0.4, -0.2) is 58.7 Å². The molecule has 0 saturated carbocycles. The van der Waals surface area contributed by atoms with E-state index in [-0.39, 0.29) is 5.91 Å². The summed E-state index contributed by atoms with van der Waals surface area (Å²) in [5.41, 5.74) is 6.09. The fourth-order valence-corrected chi connectivity index (χ4v) is 1.76. The summed E-state index contributed by atoms with van der Waals surface area (Å²) < 4.78 is 1.52. The fraction of sp³-hybridized carbons (Fsp3) is 0.600. The van der Waals surface area contributed by atoms with Crippen molar-refractivity contribution < 1.29 is 4.79 Å². The zero-order valence-corrected chi connectivity index (χ0v) is 9.68. The van der Waals surface area contributed by atoms with E-state index in [1.54, 1.807) is 13.1 Å². The minimum Gasteiger partial charge on any atom is -0.384 e. The quantitative estimate of drug-likeness (QED) is 0.689. The Morgan fingerprint density at radius 3 is 2.44 bits per heavy atom. The highest BCUT2D eigenvalue weighted by Crippen LogP contribution is 2.09. The number of rotatable bonds is 1. The van der Waals surface area contributed by atoms with Crippen molar-refractivity contribution in [1.29, 1.82) is 0 Å². The molecule has 16 heavy (non-hydrogen) atoms. The Labute approximate surface area is 94.6 Å². The third-order valence-electron chi connectivity index (χ3n) is 2.93. The molecule has 6 heteroatoms. The van der Waals surface area contributed by atoms with Gasteiger partial charge in [0.1, 0.15) is 5.82 Å². The summed E-state index contributed by atoms with van der Waals surface area (Å²) in [6, 6.07) is 1.63. The number of nitrogens with two attached hydrogens (primary N) is 1. The molecule has 0 unspecified atom stereocenters. The van der Waals surface area contributed by atoms with Gasteiger partial charge in [0.05, 0.1) is 0 Å². The van der Waals surface area contributed by atoms with E-state index in [4.69, 9.17) is 5.73 Å². The van der Waals surface area contributed by atoms with Gasteiger partial charge >= 0.3 is 0 Å². The largest absolute Gasteiger partial charge is 0.384 e. The summed E-state index contributed by atoms with van der Waals surface area (Å²) >= 11 is 0. The number of aromatic nitrogens is 2. The van der Waals surface area contributed by atoms with Crippen LogP contribution in [0.25, 0.3) is 0 Å². The smallest absolute Gasteiger partial charge is 0.274 e. The van der Waals surface area contributed by atoms with Crippen molar-refractivity contribution in [2.24, 2.45) is 7.05 Å². The summed E-state index contributed by atoms with van der Waals surface area (Å²) in [4.78, 5) is 16.1. The number of piperazine rings is 1. The summed E-state index contributed by atoms with van der Waals surface area (Å²) in [7, 11) is 3.79. The van der Waals surface area contributed by atoms with Crippen LogP contribution < -0.4 is 5.73 Å². The van der Waals surface area contributed by atoms with E-state index in [1.807, 2.05) is 4.90 Å². The van der Waals surface area contributed by atoms with Crippen molar-refractivity contribution in [2.45, 2.75) is 0 Å². The number of nitrogens with zero attached hydrogens (tertiary/aromatic N) is 4. The molecule has 0 spiro atoms. The van der Waals surface area contributed by atoms with Crippen LogP contribution in [0.3, 0.4) is 0 Å². The number of carbonyl (C=O) groups is 1. The van der Waals surface area contributed by atoms with E-state index >= 15 is 0 Å². The van der Waals surface area contributed by atoms with E-state index in [0.29, 0.717) is 11.5 Å². The lowest BCUT2D eigenvalue weighted by Gasteiger charge is -2.31. The molecule has 6 nitrogen and oxygen atoms in total. The molecule has 1 aliphatic heterocycles.